The second-order valence-electron chi connectivity index (χ2n) is 5.35. The first kappa shape index (κ1) is 15.6. The molecule has 4 nitrogen and oxygen atoms in total. The Bertz CT molecular complexity index is 842. The zero-order valence-electron chi connectivity index (χ0n) is 12.5. The molecule has 2 N–H and O–H groups in total. The second-order valence-corrected chi connectivity index (χ2v) is 5.79. The molecule has 0 bridgehead atoms. The van der Waals surface area contributed by atoms with Crippen molar-refractivity contribution in [2.45, 2.75) is 19.7 Å². The summed E-state index contributed by atoms with van der Waals surface area (Å²) in [4.78, 5) is 12.2. The molecule has 0 saturated carbocycles. The first-order chi connectivity index (χ1) is 11.2. The number of benzene rings is 2. The van der Waals surface area contributed by atoms with Crippen LogP contribution in [0.15, 0.2) is 54.7 Å². The number of carbonyl (C=O) groups excluding carboxylic acids is 1. The normalized spacial score (nSPS) is 10.9. The predicted octanol–water partition coefficient (Wildman–Crippen LogP) is 3.10. The van der Waals surface area contributed by atoms with Gasteiger partial charge in [-0.15, -0.1) is 0 Å². The smallest absolute Gasteiger partial charge is 0.240 e. The molecule has 0 fully saturated rings. The van der Waals surface area contributed by atoms with Crippen LogP contribution < -0.4 is 5.32 Å². The molecule has 1 aromatic heterocycles. The van der Waals surface area contributed by atoms with Gasteiger partial charge in [-0.1, -0.05) is 41.9 Å². The minimum atomic E-state index is -0.0878. The van der Waals surface area contributed by atoms with E-state index >= 15 is 0 Å². The highest BCUT2D eigenvalue weighted by molar-refractivity contribution is 6.31. The molecule has 23 heavy (non-hydrogen) atoms. The Balaban J connectivity index is 1.68. The van der Waals surface area contributed by atoms with Gasteiger partial charge in [0.15, 0.2) is 0 Å². The number of aromatic nitrogens is 1. The molecule has 3 aromatic rings. The van der Waals surface area contributed by atoms with Crippen LogP contribution in [-0.4, -0.2) is 15.6 Å². The van der Waals surface area contributed by atoms with Gasteiger partial charge in [0.05, 0.1) is 6.61 Å². The van der Waals surface area contributed by atoms with Crippen molar-refractivity contribution in [1.29, 1.82) is 0 Å². The summed E-state index contributed by atoms with van der Waals surface area (Å²) in [5.41, 5.74) is 2.68. The maximum Gasteiger partial charge on any atom is 0.240 e. The molecule has 0 saturated heterocycles. The summed E-state index contributed by atoms with van der Waals surface area (Å²) in [5.74, 6) is -0.0878. The molecule has 1 amide bonds. The predicted molar refractivity (Wildman–Crippen MR) is 91.2 cm³/mol. The molecule has 118 valence electrons. The summed E-state index contributed by atoms with van der Waals surface area (Å²) >= 11 is 6.02. The Morgan fingerprint density at radius 1 is 1.13 bits per heavy atom. The Labute approximate surface area is 139 Å². The molecule has 0 aliphatic carbocycles. The van der Waals surface area contributed by atoms with E-state index in [4.69, 9.17) is 11.6 Å². The molecule has 5 heteroatoms. The van der Waals surface area contributed by atoms with Crippen molar-refractivity contribution >= 4 is 28.4 Å². The molecular formula is C18H17ClN2O2. The van der Waals surface area contributed by atoms with Crippen LogP contribution in [0.1, 0.15) is 11.1 Å². The van der Waals surface area contributed by atoms with Crippen LogP contribution in [-0.2, 0) is 24.5 Å². The number of rotatable bonds is 5. The Morgan fingerprint density at radius 3 is 2.70 bits per heavy atom. The Kier molecular flexibility index (Phi) is 4.65. The topological polar surface area (TPSA) is 54.3 Å². The fraction of sp³-hybridized carbons (Fsp3) is 0.167. The van der Waals surface area contributed by atoms with E-state index in [-0.39, 0.29) is 19.1 Å². The van der Waals surface area contributed by atoms with Gasteiger partial charge in [0.1, 0.15) is 6.54 Å². The SMILES string of the molecule is O=C(Cn1ccc2ccc(Cl)cc21)NCc1ccccc1CO. The van der Waals surface area contributed by atoms with Gasteiger partial charge in [-0.2, -0.15) is 0 Å². The van der Waals surface area contributed by atoms with Gasteiger partial charge in [-0.25, -0.2) is 0 Å². The lowest BCUT2D eigenvalue weighted by molar-refractivity contribution is -0.121. The zero-order chi connectivity index (χ0) is 16.2. The molecule has 0 unspecified atom stereocenters. The lowest BCUT2D eigenvalue weighted by atomic mass is 10.1. The maximum atomic E-state index is 12.2. The van der Waals surface area contributed by atoms with Crippen LogP contribution in [0.2, 0.25) is 5.02 Å². The van der Waals surface area contributed by atoms with Crippen molar-refractivity contribution < 1.29 is 9.90 Å². The van der Waals surface area contributed by atoms with Crippen LogP contribution >= 0.6 is 11.6 Å². The minimum Gasteiger partial charge on any atom is -0.392 e. The number of hydrogen-bond donors (Lipinski definition) is 2. The van der Waals surface area contributed by atoms with Crippen molar-refractivity contribution in [3.05, 3.63) is 70.9 Å². The van der Waals surface area contributed by atoms with Crippen molar-refractivity contribution in [1.82, 2.24) is 9.88 Å². The highest BCUT2D eigenvalue weighted by atomic mass is 35.5. The number of fused-ring (bicyclic) bond motifs is 1. The summed E-state index contributed by atoms with van der Waals surface area (Å²) in [7, 11) is 0. The number of amides is 1. The lowest BCUT2D eigenvalue weighted by Crippen LogP contribution is -2.27. The number of aliphatic hydroxyl groups excluding tert-OH is 1. The molecule has 3 rings (SSSR count). The molecule has 0 aliphatic rings. The van der Waals surface area contributed by atoms with E-state index < -0.39 is 0 Å². The van der Waals surface area contributed by atoms with Crippen LogP contribution in [0.4, 0.5) is 0 Å². The van der Waals surface area contributed by atoms with Gasteiger partial charge in [-0.05, 0) is 34.7 Å². The number of nitrogens with zero attached hydrogens (tertiary/aromatic N) is 1. The van der Waals surface area contributed by atoms with Crippen LogP contribution in [0.25, 0.3) is 10.9 Å². The average Bonchev–Trinajstić information content (AvgIpc) is 2.95. The van der Waals surface area contributed by atoms with E-state index in [1.165, 1.54) is 0 Å². The third-order valence-corrected chi connectivity index (χ3v) is 4.05. The number of halogens is 1. The van der Waals surface area contributed by atoms with E-state index in [1.807, 2.05) is 59.3 Å². The van der Waals surface area contributed by atoms with E-state index in [1.54, 1.807) is 0 Å². The Morgan fingerprint density at radius 2 is 1.91 bits per heavy atom. The van der Waals surface area contributed by atoms with E-state index in [2.05, 4.69) is 5.32 Å². The highest BCUT2D eigenvalue weighted by Gasteiger charge is 2.08. The third kappa shape index (κ3) is 3.55. The number of nitrogens with one attached hydrogen (secondary N) is 1. The van der Waals surface area contributed by atoms with E-state index in [9.17, 15) is 9.90 Å². The van der Waals surface area contributed by atoms with Crippen molar-refractivity contribution in [3.8, 4) is 0 Å². The maximum absolute atomic E-state index is 12.2. The van der Waals surface area contributed by atoms with Gasteiger partial charge in [0.2, 0.25) is 5.91 Å². The summed E-state index contributed by atoms with van der Waals surface area (Å²) in [6, 6.07) is 15.1. The largest absolute Gasteiger partial charge is 0.392 e. The molecule has 1 heterocycles. The third-order valence-electron chi connectivity index (χ3n) is 3.81. The summed E-state index contributed by atoms with van der Waals surface area (Å²) < 4.78 is 1.87. The van der Waals surface area contributed by atoms with Crippen molar-refractivity contribution in [2.75, 3.05) is 0 Å². The number of aliphatic hydroxyl groups is 1. The van der Waals surface area contributed by atoms with Gasteiger partial charge < -0.3 is 15.0 Å². The Hall–Kier alpha value is -2.30. The minimum absolute atomic E-state index is 0.0349. The van der Waals surface area contributed by atoms with Gasteiger partial charge in [-0.3, -0.25) is 4.79 Å². The van der Waals surface area contributed by atoms with Crippen LogP contribution in [0.3, 0.4) is 0 Å². The summed E-state index contributed by atoms with van der Waals surface area (Å²) in [6.45, 7) is 0.591. The van der Waals surface area contributed by atoms with Gasteiger partial charge >= 0.3 is 0 Å². The molecule has 0 spiro atoms. The van der Waals surface area contributed by atoms with E-state index in [0.717, 1.165) is 22.0 Å². The molecule has 2 aromatic carbocycles. The standard InChI is InChI=1S/C18H17ClN2O2/c19-16-6-5-13-7-8-21(17(13)9-16)11-18(23)20-10-14-3-1-2-4-15(14)12-22/h1-9,22H,10-12H2,(H,20,23). The van der Waals surface area contributed by atoms with Crippen molar-refractivity contribution in [2.24, 2.45) is 0 Å². The van der Waals surface area contributed by atoms with Gasteiger partial charge in [0, 0.05) is 23.3 Å². The lowest BCUT2D eigenvalue weighted by Gasteiger charge is -2.10. The first-order valence-corrected chi connectivity index (χ1v) is 7.74. The quantitative estimate of drug-likeness (QED) is 0.756. The van der Waals surface area contributed by atoms with Gasteiger partial charge in [0.25, 0.3) is 0 Å². The molecule has 0 aliphatic heterocycles. The van der Waals surface area contributed by atoms with Crippen LogP contribution in [0, 0.1) is 0 Å². The highest BCUT2D eigenvalue weighted by Crippen LogP contribution is 2.20. The summed E-state index contributed by atoms with van der Waals surface area (Å²) in [6.07, 6.45) is 1.88. The number of hydrogen-bond acceptors (Lipinski definition) is 2. The van der Waals surface area contributed by atoms with Crippen LogP contribution in [0.5, 0.6) is 0 Å². The monoisotopic (exact) mass is 328 g/mol. The van der Waals surface area contributed by atoms with Crippen molar-refractivity contribution in [3.63, 3.8) is 0 Å². The average molecular weight is 329 g/mol. The zero-order valence-corrected chi connectivity index (χ0v) is 13.3. The number of carbonyl (C=O) groups is 1. The second kappa shape index (κ2) is 6.86. The molecule has 0 radical (unpaired) electrons. The fourth-order valence-electron chi connectivity index (χ4n) is 2.58. The molecule has 0 atom stereocenters. The summed E-state index contributed by atoms with van der Waals surface area (Å²) in [5, 5.41) is 13.9. The fourth-order valence-corrected chi connectivity index (χ4v) is 2.75. The molecular weight excluding hydrogens is 312 g/mol. The van der Waals surface area contributed by atoms with E-state index in [0.29, 0.717) is 11.6 Å². The first-order valence-electron chi connectivity index (χ1n) is 7.36.